The van der Waals surface area contributed by atoms with E-state index < -0.39 is 55.7 Å². The first-order valence-corrected chi connectivity index (χ1v) is 12.4. The molecule has 2 unspecified atom stereocenters. The zero-order valence-electron chi connectivity index (χ0n) is 21.6. The summed E-state index contributed by atoms with van der Waals surface area (Å²) in [6, 6.07) is 0. The van der Waals surface area contributed by atoms with Gasteiger partial charge in [-0.2, -0.15) is 0 Å². The SMILES string of the molecule is Cc1cnc(N)c2ncn(C3O[C@H](CO)[C@@H](O)[C@H]3O)c12.Cc1nc(N)c2ncn(C3O[C@H](CO)[C@@H](O)[C@H]3O)c2n1. The van der Waals surface area contributed by atoms with Crippen LogP contribution in [-0.2, 0) is 9.47 Å². The Hall–Kier alpha value is -3.55. The van der Waals surface area contributed by atoms with Crippen LogP contribution in [0.4, 0.5) is 11.6 Å². The van der Waals surface area contributed by atoms with Gasteiger partial charge in [-0.15, -0.1) is 0 Å². The Morgan fingerprint density at radius 3 is 1.88 bits per heavy atom. The molecule has 0 radical (unpaired) electrons. The molecule has 216 valence electrons. The Labute approximate surface area is 226 Å². The van der Waals surface area contributed by atoms with E-state index in [-0.39, 0.29) is 18.2 Å². The van der Waals surface area contributed by atoms with Crippen molar-refractivity contribution in [1.29, 1.82) is 0 Å². The number of aryl methyl sites for hydroxylation is 2. The number of rotatable bonds is 4. The molecule has 2 aliphatic rings. The number of nitrogen functional groups attached to an aromatic ring is 2. The zero-order chi connectivity index (χ0) is 28.9. The molecule has 2 fully saturated rings. The molecule has 0 amide bonds. The summed E-state index contributed by atoms with van der Waals surface area (Å²) in [5.74, 6) is 0.984. The van der Waals surface area contributed by atoms with Gasteiger partial charge in [0.05, 0.1) is 31.4 Å². The van der Waals surface area contributed by atoms with Crippen LogP contribution in [0, 0.1) is 13.8 Å². The van der Waals surface area contributed by atoms with Crippen LogP contribution in [0.15, 0.2) is 18.9 Å². The number of pyridine rings is 1. The molecule has 2 aliphatic heterocycles. The Balaban J connectivity index is 0.000000161. The summed E-state index contributed by atoms with van der Waals surface area (Å²) in [7, 11) is 0. The third kappa shape index (κ3) is 4.61. The molecule has 17 heteroatoms. The maximum atomic E-state index is 10.1. The van der Waals surface area contributed by atoms with Crippen LogP contribution >= 0.6 is 0 Å². The average Bonchev–Trinajstić information content (AvgIpc) is 3.68. The topological polar surface area (TPSA) is 266 Å². The van der Waals surface area contributed by atoms with E-state index in [1.54, 1.807) is 17.7 Å². The second-order valence-corrected chi connectivity index (χ2v) is 9.61. The van der Waals surface area contributed by atoms with Crippen LogP contribution in [-0.4, -0.2) is 115 Å². The number of aliphatic hydroxyl groups is 6. The van der Waals surface area contributed by atoms with Gasteiger partial charge in [-0.1, -0.05) is 0 Å². The lowest BCUT2D eigenvalue weighted by Gasteiger charge is -2.17. The second-order valence-electron chi connectivity index (χ2n) is 9.61. The number of nitrogens with zero attached hydrogens (tertiary/aromatic N) is 7. The van der Waals surface area contributed by atoms with Gasteiger partial charge in [0.15, 0.2) is 29.7 Å². The average molecular weight is 562 g/mol. The standard InChI is InChI=1S/C12H16N4O4.C11H15N5O4/c1-5-2-14-11(13)7-8(5)16(4-15-7)12-10(19)9(18)6(3-17)20-12;1-4-14-9(12)6-10(15-4)16(3-13-6)11-8(19)7(18)5(2-17)20-11/h2,4,6,9-10,12,17-19H,3H2,1H3,(H2,13,14);3,5,7-8,11,17-19H,2H2,1H3,(H2,12,14,15)/t6-,9-,10-,12?;5-,7-,8-,11?/m11/s1. The molecule has 4 aromatic heterocycles. The molecule has 10 N–H and O–H groups in total. The van der Waals surface area contributed by atoms with Gasteiger partial charge < -0.3 is 56.1 Å². The van der Waals surface area contributed by atoms with Gasteiger partial charge in [0.2, 0.25) is 0 Å². The van der Waals surface area contributed by atoms with Crippen LogP contribution in [0.3, 0.4) is 0 Å². The van der Waals surface area contributed by atoms with Crippen LogP contribution in [0.5, 0.6) is 0 Å². The normalized spacial score (nSPS) is 30.2. The Bertz CT molecular complexity index is 1510. The molecule has 6 rings (SSSR count). The van der Waals surface area contributed by atoms with Crippen LogP contribution in [0.25, 0.3) is 22.2 Å². The van der Waals surface area contributed by atoms with E-state index in [2.05, 4.69) is 24.9 Å². The van der Waals surface area contributed by atoms with Gasteiger partial charge in [0.1, 0.15) is 53.5 Å². The Morgan fingerprint density at radius 2 is 1.30 bits per heavy atom. The molecule has 0 aliphatic carbocycles. The molecule has 0 saturated carbocycles. The third-order valence-electron chi connectivity index (χ3n) is 6.95. The second kappa shape index (κ2) is 10.8. The summed E-state index contributed by atoms with van der Waals surface area (Å²) < 4.78 is 14.0. The Morgan fingerprint density at radius 1 is 0.750 bits per heavy atom. The number of fused-ring (bicyclic) bond motifs is 2. The van der Waals surface area contributed by atoms with E-state index in [1.807, 2.05) is 6.92 Å². The molecule has 2 saturated heterocycles. The van der Waals surface area contributed by atoms with Crippen molar-refractivity contribution in [2.45, 2.75) is 62.9 Å². The smallest absolute Gasteiger partial charge is 0.167 e. The van der Waals surface area contributed by atoms with Gasteiger partial charge in [-0.05, 0) is 19.4 Å². The van der Waals surface area contributed by atoms with E-state index in [4.69, 9.17) is 31.2 Å². The number of hydrogen-bond acceptors (Lipinski definition) is 15. The Kier molecular flexibility index (Phi) is 7.55. The molecule has 0 spiro atoms. The lowest BCUT2D eigenvalue weighted by molar-refractivity contribution is -0.0511. The molecule has 40 heavy (non-hydrogen) atoms. The quantitative estimate of drug-likeness (QED) is 0.126. The highest BCUT2D eigenvalue weighted by Gasteiger charge is 2.45. The van der Waals surface area contributed by atoms with E-state index in [0.717, 1.165) is 5.56 Å². The van der Waals surface area contributed by atoms with E-state index in [0.29, 0.717) is 28.0 Å². The molecule has 17 nitrogen and oxygen atoms in total. The number of aromatic nitrogens is 7. The maximum absolute atomic E-state index is 10.1. The first-order valence-electron chi connectivity index (χ1n) is 12.4. The molecule has 4 aromatic rings. The van der Waals surface area contributed by atoms with E-state index >= 15 is 0 Å². The predicted molar refractivity (Wildman–Crippen MR) is 137 cm³/mol. The number of anilines is 2. The highest BCUT2D eigenvalue weighted by molar-refractivity contribution is 5.87. The first kappa shape index (κ1) is 28.0. The summed E-state index contributed by atoms with van der Waals surface area (Å²) in [4.78, 5) is 20.5. The molecular weight excluding hydrogens is 530 g/mol. The molecule has 0 aromatic carbocycles. The van der Waals surface area contributed by atoms with Crippen molar-refractivity contribution in [1.82, 2.24) is 34.1 Å². The van der Waals surface area contributed by atoms with Crippen LogP contribution in [0.1, 0.15) is 23.8 Å². The summed E-state index contributed by atoms with van der Waals surface area (Å²) >= 11 is 0. The molecule has 0 bridgehead atoms. The highest BCUT2D eigenvalue weighted by atomic mass is 16.6. The molecular formula is C23H31N9O8. The molecule has 8 atom stereocenters. The summed E-state index contributed by atoms with van der Waals surface area (Å²) in [5, 5.41) is 57.9. The van der Waals surface area contributed by atoms with Crippen LogP contribution < -0.4 is 11.5 Å². The monoisotopic (exact) mass is 561 g/mol. The van der Waals surface area contributed by atoms with Gasteiger partial charge in [-0.25, -0.2) is 24.9 Å². The van der Waals surface area contributed by atoms with Crippen LogP contribution in [0.2, 0.25) is 0 Å². The number of nitrogens with two attached hydrogens (primary N) is 2. The lowest BCUT2D eigenvalue weighted by Crippen LogP contribution is -2.33. The summed E-state index contributed by atoms with van der Waals surface area (Å²) in [5.41, 5.74) is 14.4. The minimum atomic E-state index is -1.19. The number of aliphatic hydroxyl groups excluding tert-OH is 6. The minimum Gasteiger partial charge on any atom is -0.394 e. The van der Waals surface area contributed by atoms with Gasteiger partial charge in [0.25, 0.3) is 0 Å². The van der Waals surface area contributed by atoms with Gasteiger partial charge in [-0.3, -0.25) is 4.57 Å². The largest absolute Gasteiger partial charge is 0.394 e. The zero-order valence-corrected chi connectivity index (χ0v) is 21.6. The predicted octanol–water partition coefficient (Wildman–Crippen LogP) is -2.74. The van der Waals surface area contributed by atoms with Gasteiger partial charge >= 0.3 is 0 Å². The fourth-order valence-corrected chi connectivity index (χ4v) is 4.88. The summed E-state index contributed by atoms with van der Waals surface area (Å²) in [6.07, 6.45) is -3.57. The first-order chi connectivity index (χ1) is 19.1. The highest BCUT2D eigenvalue weighted by Crippen LogP contribution is 2.34. The van der Waals surface area contributed by atoms with E-state index in [9.17, 15) is 20.4 Å². The summed E-state index contributed by atoms with van der Waals surface area (Å²) in [6.45, 7) is 2.76. The van der Waals surface area contributed by atoms with Crippen molar-refractivity contribution in [3.63, 3.8) is 0 Å². The minimum absolute atomic E-state index is 0.234. The van der Waals surface area contributed by atoms with E-state index in [1.165, 1.54) is 17.2 Å². The van der Waals surface area contributed by atoms with Crippen molar-refractivity contribution in [2.75, 3.05) is 24.7 Å². The van der Waals surface area contributed by atoms with Crippen molar-refractivity contribution >= 4 is 33.8 Å². The lowest BCUT2D eigenvalue weighted by atomic mass is 10.1. The van der Waals surface area contributed by atoms with Crippen molar-refractivity contribution in [2.24, 2.45) is 0 Å². The number of imidazole rings is 2. The van der Waals surface area contributed by atoms with Crippen molar-refractivity contribution in [3.05, 3.63) is 30.2 Å². The van der Waals surface area contributed by atoms with Crippen molar-refractivity contribution < 1.29 is 40.1 Å². The third-order valence-corrected chi connectivity index (χ3v) is 6.95. The fourth-order valence-electron chi connectivity index (χ4n) is 4.88. The van der Waals surface area contributed by atoms with Crippen molar-refractivity contribution in [3.8, 4) is 0 Å². The maximum Gasteiger partial charge on any atom is 0.167 e. The number of ether oxygens (including phenoxy) is 2. The number of hydrogen-bond donors (Lipinski definition) is 8. The molecule has 6 heterocycles. The van der Waals surface area contributed by atoms with Gasteiger partial charge in [0, 0.05) is 6.20 Å². The fraction of sp³-hybridized carbons (Fsp3) is 0.522.